The van der Waals surface area contributed by atoms with Crippen LogP contribution >= 0.6 is 0 Å². The standard InChI is InChI=1S/C33H38O12/c1-4-7-9-12-19-27(32(40)41)21(35)15-22(36)29(19)45-25-16-23(37)30(20(11-8-5-2)28(25)33(42)43)44-24-14-18(34)13-17(10-6-3)26(24)31(38)39/h13-16,34-37H,4-12H2,1-3H3,(H,38,39)(H,40,41)(H,42,43). The van der Waals surface area contributed by atoms with E-state index < -0.39 is 57.8 Å². The number of hydrogen-bond acceptors (Lipinski definition) is 9. The number of benzene rings is 3. The van der Waals surface area contributed by atoms with E-state index in [0.29, 0.717) is 38.5 Å². The predicted molar refractivity (Wildman–Crippen MR) is 163 cm³/mol. The molecule has 0 fully saturated rings. The number of carbonyl (C=O) groups is 3. The molecule has 0 radical (unpaired) electrons. The number of carboxylic acids is 3. The van der Waals surface area contributed by atoms with E-state index >= 15 is 0 Å². The highest BCUT2D eigenvalue weighted by atomic mass is 16.5. The maximum atomic E-state index is 12.7. The van der Waals surface area contributed by atoms with Gasteiger partial charge in [0.2, 0.25) is 0 Å². The molecule has 12 nitrogen and oxygen atoms in total. The number of ether oxygens (including phenoxy) is 2. The van der Waals surface area contributed by atoms with E-state index in [1.807, 2.05) is 20.8 Å². The Balaban J connectivity index is 2.30. The average molecular weight is 627 g/mol. The molecule has 0 aliphatic rings. The molecule has 0 saturated carbocycles. The van der Waals surface area contributed by atoms with Gasteiger partial charge in [0.15, 0.2) is 23.0 Å². The normalized spacial score (nSPS) is 10.9. The molecular weight excluding hydrogens is 588 g/mol. The summed E-state index contributed by atoms with van der Waals surface area (Å²) in [7, 11) is 0. The third kappa shape index (κ3) is 7.69. The summed E-state index contributed by atoms with van der Waals surface area (Å²) in [5.41, 5.74) is -1.10. The molecule has 3 aromatic carbocycles. The third-order valence-corrected chi connectivity index (χ3v) is 7.23. The second kappa shape index (κ2) is 15.0. The molecule has 12 heteroatoms. The van der Waals surface area contributed by atoms with Crippen molar-refractivity contribution in [3.8, 4) is 46.0 Å². The highest BCUT2D eigenvalue weighted by Gasteiger charge is 2.30. The van der Waals surface area contributed by atoms with Gasteiger partial charge in [-0.15, -0.1) is 0 Å². The Hall–Kier alpha value is -5.13. The van der Waals surface area contributed by atoms with Gasteiger partial charge in [-0.1, -0.05) is 46.5 Å². The Bertz CT molecular complexity index is 1590. The predicted octanol–water partition coefficient (Wildman–Crippen LogP) is 7.22. The van der Waals surface area contributed by atoms with Crippen LogP contribution < -0.4 is 9.47 Å². The zero-order chi connectivity index (χ0) is 33.4. The molecule has 242 valence electrons. The van der Waals surface area contributed by atoms with Gasteiger partial charge < -0.3 is 45.2 Å². The number of rotatable bonds is 16. The molecule has 0 aliphatic carbocycles. The van der Waals surface area contributed by atoms with Crippen LogP contribution in [0.15, 0.2) is 24.3 Å². The summed E-state index contributed by atoms with van der Waals surface area (Å²) in [6.07, 6.45) is 3.91. The van der Waals surface area contributed by atoms with Crippen molar-refractivity contribution in [3.05, 3.63) is 57.6 Å². The second-order valence-corrected chi connectivity index (χ2v) is 10.6. The first-order valence-electron chi connectivity index (χ1n) is 14.7. The van der Waals surface area contributed by atoms with E-state index in [1.165, 1.54) is 6.07 Å². The number of aromatic hydroxyl groups is 4. The third-order valence-electron chi connectivity index (χ3n) is 7.23. The van der Waals surface area contributed by atoms with Gasteiger partial charge in [0.25, 0.3) is 0 Å². The van der Waals surface area contributed by atoms with Crippen LogP contribution in [0.4, 0.5) is 0 Å². The number of phenolic OH excluding ortho intramolecular Hbond substituents is 3. The first-order valence-corrected chi connectivity index (χ1v) is 14.7. The van der Waals surface area contributed by atoms with Gasteiger partial charge in [0.05, 0.1) is 0 Å². The quantitative estimate of drug-likeness (QED) is 0.0786. The zero-order valence-corrected chi connectivity index (χ0v) is 25.3. The van der Waals surface area contributed by atoms with E-state index in [0.717, 1.165) is 24.6 Å². The van der Waals surface area contributed by atoms with Crippen molar-refractivity contribution in [2.24, 2.45) is 0 Å². The molecule has 3 rings (SSSR count). The Kier molecular flexibility index (Phi) is 11.5. The number of hydrogen-bond donors (Lipinski definition) is 7. The van der Waals surface area contributed by atoms with E-state index in [9.17, 15) is 50.1 Å². The SMILES string of the molecule is CCCCCc1c(Oc2cc(O)c(Oc3cc(O)cc(CCC)c3C(=O)O)c(CCCC)c2C(=O)O)c(O)cc(O)c1C(=O)O. The summed E-state index contributed by atoms with van der Waals surface area (Å²) in [4.78, 5) is 37.0. The molecule has 0 aliphatic heterocycles. The lowest BCUT2D eigenvalue weighted by molar-refractivity contribution is 0.0678. The average Bonchev–Trinajstić information content (AvgIpc) is 2.94. The molecule has 0 spiro atoms. The van der Waals surface area contributed by atoms with Crippen molar-refractivity contribution >= 4 is 17.9 Å². The van der Waals surface area contributed by atoms with Gasteiger partial charge in [0.1, 0.15) is 39.7 Å². The van der Waals surface area contributed by atoms with Crippen molar-refractivity contribution in [3.63, 3.8) is 0 Å². The fourth-order valence-corrected chi connectivity index (χ4v) is 5.20. The van der Waals surface area contributed by atoms with Crippen LogP contribution in [0.1, 0.15) is 107 Å². The molecule has 0 atom stereocenters. The smallest absolute Gasteiger partial charge is 0.339 e. The first kappa shape index (κ1) is 34.4. The van der Waals surface area contributed by atoms with Crippen molar-refractivity contribution in [1.82, 2.24) is 0 Å². The Morgan fingerprint density at radius 1 is 0.556 bits per heavy atom. The summed E-state index contributed by atoms with van der Waals surface area (Å²) >= 11 is 0. The van der Waals surface area contributed by atoms with Gasteiger partial charge in [-0.2, -0.15) is 0 Å². The number of aryl methyl sites for hydroxylation is 1. The highest BCUT2D eigenvalue weighted by molar-refractivity contribution is 5.96. The Morgan fingerprint density at radius 3 is 1.60 bits per heavy atom. The summed E-state index contributed by atoms with van der Waals surface area (Å²) in [6.45, 7) is 5.60. The molecule has 0 saturated heterocycles. The topological polar surface area (TPSA) is 211 Å². The molecule has 7 N–H and O–H groups in total. The molecule has 0 heterocycles. The maximum Gasteiger partial charge on any atom is 0.339 e. The monoisotopic (exact) mass is 626 g/mol. The summed E-state index contributed by atoms with van der Waals surface area (Å²) in [5.74, 6) is -8.16. The summed E-state index contributed by atoms with van der Waals surface area (Å²) < 4.78 is 11.8. The number of aromatic carboxylic acids is 3. The molecular formula is C33H38O12. The second-order valence-electron chi connectivity index (χ2n) is 10.6. The van der Waals surface area contributed by atoms with Gasteiger partial charge in [-0.25, -0.2) is 14.4 Å². The Labute approximate surface area is 259 Å². The van der Waals surface area contributed by atoms with Crippen LogP contribution in [0.25, 0.3) is 0 Å². The van der Waals surface area contributed by atoms with Gasteiger partial charge in [-0.3, -0.25) is 0 Å². The molecule has 0 aromatic heterocycles. The lowest BCUT2D eigenvalue weighted by atomic mass is 9.97. The van der Waals surface area contributed by atoms with Gasteiger partial charge in [0, 0.05) is 29.3 Å². The molecule has 0 unspecified atom stereocenters. The number of phenols is 4. The van der Waals surface area contributed by atoms with Crippen LogP contribution in [-0.4, -0.2) is 53.7 Å². The highest BCUT2D eigenvalue weighted by Crippen LogP contribution is 2.48. The zero-order valence-electron chi connectivity index (χ0n) is 25.3. The van der Waals surface area contributed by atoms with Crippen molar-refractivity contribution in [2.45, 2.75) is 78.6 Å². The fraction of sp³-hybridized carbons (Fsp3) is 0.364. The van der Waals surface area contributed by atoms with Crippen molar-refractivity contribution in [1.29, 1.82) is 0 Å². The van der Waals surface area contributed by atoms with Gasteiger partial charge in [-0.05, 0) is 43.7 Å². The van der Waals surface area contributed by atoms with Crippen molar-refractivity contribution in [2.75, 3.05) is 0 Å². The largest absolute Gasteiger partial charge is 0.508 e. The molecule has 0 amide bonds. The van der Waals surface area contributed by atoms with Crippen LogP contribution in [-0.2, 0) is 19.3 Å². The molecule has 0 bridgehead atoms. The minimum atomic E-state index is -1.51. The lowest BCUT2D eigenvalue weighted by Crippen LogP contribution is -2.11. The summed E-state index contributed by atoms with van der Waals surface area (Å²) in [6, 6.07) is 4.04. The molecule has 45 heavy (non-hydrogen) atoms. The number of carboxylic acid groups (broad SMARTS) is 3. The Morgan fingerprint density at radius 2 is 1.07 bits per heavy atom. The minimum Gasteiger partial charge on any atom is -0.508 e. The van der Waals surface area contributed by atoms with E-state index in [1.54, 1.807) is 0 Å². The van der Waals surface area contributed by atoms with Gasteiger partial charge >= 0.3 is 17.9 Å². The first-order chi connectivity index (χ1) is 21.4. The molecule has 3 aromatic rings. The van der Waals surface area contributed by atoms with Crippen LogP contribution in [0.2, 0.25) is 0 Å². The van der Waals surface area contributed by atoms with E-state index in [4.69, 9.17) is 9.47 Å². The van der Waals surface area contributed by atoms with Crippen LogP contribution in [0.5, 0.6) is 46.0 Å². The van der Waals surface area contributed by atoms with Crippen LogP contribution in [0.3, 0.4) is 0 Å². The maximum absolute atomic E-state index is 12.7. The van der Waals surface area contributed by atoms with Crippen molar-refractivity contribution < 1.29 is 59.6 Å². The fourth-order valence-electron chi connectivity index (χ4n) is 5.20. The lowest BCUT2D eigenvalue weighted by Gasteiger charge is -2.22. The van der Waals surface area contributed by atoms with E-state index in [2.05, 4.69) is 0 Å². The van der Waals surface area contributed by atoms with Crippen LogP contribution in [0, 0.1) is 0 Å². The van der Waals surface area contributed by atoms with E-state index in [-0.39, 0.29) is 52.3 Å². The number of unbranched alkanes of at least 4 members (excludes halogenated alkanes) is 3. The minimum absolute atomic E-state index is 0.0343. The summed E-state index contributed by atoms with van der Waals surface area (Å²) in [5, 5.41) is 72.7.